The molecular weight excluding hydrogens is 275 g/mol. The van der Waals surface area contributed by atoms with E-state index >= 15 is 0 Å². The van der Waals surface area contributed by atoms with Crippen LogP contribution >= 0.6 is 23.2 Å². The number of rotatable bonds is 5. The highest BCUT2D eigenvalue weighted by molar-refractivity contribution is 6.30. The highest BCUT2D eigenvalue weighted by atomic mass is 35.5. The average molecular weight is 284 g/mol. The molecule has 1 amide bonds. The molecule has 0 fully saturated rings. The van der Waals surface area contributed by atoms with Crippen molar-refractivity contribution in [3.8, 4) is 5.75 Å². The van der Waals surface area contributed by atoms with Crippen LogP contribution in [0.4, 0.5) is 8.78 Å². The largest absolute Gasteiger partial charge is 0.434 e. The van der Waals surface area contributed by atoms with E-state index in [-0.39, 0.29) is 18.2 Å². The minimum atomic E-state index is -2.93. The average Bonchev–Trinajstić information content (AvgIpc) is 2.28. The van der Waals surface area contributed by atoms with E-state index in [0.717, 1.165) is 0 Å². The third-order valence-electron chi connectivity index (χ3n) is 1.84. The summed E-state index contributed by atoms with van der Waals surface area (Å²) in [6, 6.07) is 4.18. The summed E-state index contributed by atoms with van der Waals surface area (Å²) in [5.41, 5.74) is 0.358. The van der Waals surface area contributed by atoms with Gasteiger partial charge in [-0.2, -0.15) is 8.78 Å². The third-order valence-corrected chi connectivity index (χ3v) is 2.31. The van der Waals surface area contributed by atoms with Crippen molar-refractivity contribution in [1.82, 2.24) is 5.32 Å². The molecule has 0 spiro atoms. The van der Waals surface area contributed by atoms with E-state index in [1.807, 2.05) is 0 Å². The van der Waals surface area contributed by atoms with Crippen LogP contribution in [0.5, 0.6) is 5.75 Å². The number of benzene rings is 1. The molecule has 94 valence electrons. The number of ether oxygens (including phenoxy) is 1. The van der Waals surface area contributed by atoms with E-state index in [2.05, 4.69) is 10.1 Å². The number of hydrogen-bond acceptors (Lipinski definition) is 2. The van der Waals surface area contributed by atoms with Crippen molar-refractivity contribution in [2.24, 2.45) is 0 Å². The maximum Gasteiger partial charge on any atom is 0.387 e. The Balaban J connectivity index is 2.79. The summed E-state index contributed by atoms with van der Waals surface area (Å²) in [6.45, 7) is -2.91. The first-order valence-corrected chi connectivity index (χ1v) is 5.50. The lowest BCUT2D eigenvalue weighted by molar-refractivity contribution is -0.118. The van der Waals surface area contributed by atoms with Crippen LogP contribution in [0.1, 0.15) is 5.56 Å². The summed E-state index contributed by atoms with van der Waals surface area (Å²) in [6.07, 6.45) is 0. The third kappa shape index (κ3) is 4.75. The molecule has 0 aliphatic carbocycles. The van der Waals surface area contributed by atoms with Gasteiger partial charge in [0.25, 0.3) is 0 Å². The number of nitrogens with one attached hydrogen (secondary N) is 1. The molecule has 0 aliphatic rings. The Kier molecular flexibility index (Phi) is 5.44. The number of hydrogen-bond donors (Lipinski definition) is 1. The molecule has 0 unspecified atom stereocenters. The van der Waals surface area contributed by atoms with Gasteiger partial charge in [0.1, 0.15) is 11.6 Å². The second-order valence-corrected chi connectivity index (χ2v) is 3.74. The van der Waals surface area contributed by atoms with Crippen molar-refractivity contribution in [2.75, 3.05) is 5.88 Å². The van der Waals surface area contributed by atoms with Crippen LogP contribution in [0.25, 0.3) is 0 Å². The first-order chi connectivity index (χ1) is 8.02. The summed E-state index contributed by atoms with van der Waals surface area (Å²) in [5.74, 6) is -0.639. The molecule has 0 bridgehead atoms. The molecule has 1 aromatic carbocycles. The fourth-order valence-corrected chi connectivity index (χ4v) is 1.43. The molecule has 1 aromatic rings. The number of carbonyl (C=O) groups excluding carboxylic acids is 1. The zero-order valence-corrected chi connectivity index (χ0v) is 10.1. The van der Waals surface area contributed by atoms with Gasteiger partial charge in [-0.1, -0.05) is 11.6 Å². The topological polar surface area (TPSA) is 38.3 Å². The summed E-state index contributed by atoms with van der Waals surface area (Å²) >= 11 is 11.0. The van der Waals surface area contributed by atoms with Gasteiger partial charge >= 0.3 is 6.61 Å². The number of alkyl halides is 3. The van der Waals surface area contributed by atoms with E-state index in [9.17, 15) is 13.6 Å². The van der Waals surface area contributed by atoms with Crippen LogP contribution in [-0.4, -0.2) is 18.4 Å². The molecule has 17 heavy (non-hydrogen) atoms. The molecule has 0 saturated carbocycles. The predicted molar refractivity (Wildman–Crippen MR) is 60.7 cm³/mol. The lowest BCUT2D eigenvalue weighted by Crippen LogP contribution is -2.24. The van der Waals surface area contributed by atoms with Gasteiger partial charge in [0.2, 0.25) is 5.91 Å². The first-order valence-electron chi connectivity index (χ1n) is 4.59. The number of carbonyl (C=O) groups is 1. The Bertz CT molecular complexity index is 402. The van der Waals surface area contributed by atoms with Crippen LogP contribution < -0.4 is 10.1 Å². The Hall–Kier alpha value is -1.07. The minimum Gasteiger partial charge on any atom is -0.434 e. The molecule has 7 heteroatoms. The zero-order valence-electron chi connectivity index (χ0n) is 8.55. The van der Waals surface area contributed by atoms with Gasteiger partial charge in [-0.05, 0) is 18.2 Å². The summed E-state index contributed by atoms with van der Waals surface area (Å²) in [7, 11) is 0. The highest BCUT2D eigenvalue weighted by Gasteiger charge is 2.11. The quantitative estimate of drug-likeness (QED) is 0.844. The van der Waals surface area contributed by atoms with Crippen molar-refractivity contribution in [3.05, 3.63) is 28.8 Å². The zero-order chi connectivity index (χ0) is 12.8. The second-order valence-electron chi connectivity index (χ2n) is 3.04. The molecule has 0 aromatic heterocycles. The minimum absolute atomic E-state index is 0.0220. The SMILES string of the molecule is O=C(CCl)NCc1cc(Cl)ccc1OC(F)F. The molecule has 1 N–H and O–H groups in total. The molecule has 0 atom stereocenters. The fourth-order valence-electron chi connectivity index (χ4n) is 1.14. The van der Waals surface area contributed by atoms with Crippen molar-refractivity contribution in [1.29, 1.82) is 0 Å². The fraction of sp³-hybridized carbons (Fsp3) is 0.300. The van der Waals surface area contributed by atoms with Crippen LogP contribution in [0.15, 0.2) is 18.2 Å². The van der Waals surface area contributed by atoms with Gasteiger partial charge in [-0.25, -0.2) is 0 Å². The Morgan fingerprint density at radius 2 is 2.18 bits per heavy atom. The first kappa shape index (κ1) is 14.0. The normalized spacial score (nSPS) is 10.4. The lowest BCUT2D eigenvalue weighted by Gasteiger charge is -2.11. The van der Waals surface area contributed by atoms with Crippen molar-refractivity contribution < 1.29 is 18.3 Å². The van der Waals surface area contributed by atoms with Crippen LogP contribution in [0, 0.1) is 0 Å². The molecule has 0 heterocycles. The van der Waals surface area contributed by atoms with E-state index in [0.29, 0.717) is 10.6 Å². The van der Waals surface area contributed by atoms with Gasteiger partial charge in [-0.3, -0.25) is 4.79 Å². The Morgan fingerprint density at radius 3 is 2.76 bits per heavy atom. The van der Waals surface area contributed by atoms with E-state index in [1.54, 1.807) is 0 Å². The summed E-state index contributed by atoms with van der Waals surface area (Å²) in [4.78, 5) is 10.9. The number of halogens is 4. The van der Waals surface area contributed by atoms with Crippen molar-refractivity contribution in [3.63, 3.8) is 0 Å². The van der Waals surface area contributed by atoms with E-state index < -0.39 is 12.5 Å². The van der Waals surface area contributed by atoms with Crippen LogP contribution in [-0.2, 0) is 11.3 Å². The van der Waals surface area contributed by atoms with Crippen molar-refractivity contribution >= 4 is 29.1 Å². The van der Waals surface area contributed by atoms with E-state index in [4.69, 9.17) is 23.2 Å². The molecule has 0 aliphatic heterocycles. The molecule has 1 rings (SSSR count). The van der Waals surface area contributed by atoms with Crippen molar-refractivity contribution in [2.45, 2.75) is 13.2 Å². The monoisotopic (exact) mass is 283 g/mol. The predicted octanol–water partition coefficient (Wildman–Crippen LogP) is 2.80. The van der Waals surface area contributed by atoms with Crippen LogP contribution in [0.3, 0.4) is 0 Å². The summed E-state index contributed by atoms with van der Waals surface area (Å²) in [5, 5.41) is 2.80. The van der Waals surface area contributed by atoms with Gasteiger partial charge < -0.3 is 10.1 Å². The second kappa shape index (κ2) is 6.61. The van der Waals surface area contributed by atoms with Gasteiger partial charge in [-0.15, -0.1) is 11.6 Å². The molecule has 0 saturated heterocycles. The smallest absolute Gasteiger partial charge is 0.387 e. The van der Waals surface area contributed by atoms with Gasteiger partial charge in [0.05, 0.1) is 0 Å². The molecule has 3 nitrogen and oxygen atoms in total. The maximum atomic E-state index is 12.1. The summed E-state index contributed by atoms with van der Waals surface area (Å²) < 4.78 is 28.5. The Labute approximate surface area is 107 Å². The lowest BCUT2D eigenvalue weighted by atomic mass is 10.2. The highest BCUT2D eigenvalue weighted by Crippen LogP contribution is 2.24. The standard InChI is InChI=1S/C10H9Cl2F2NO2/c11-4-9(16)15-5-6-3-7(12)1-2-8(6)17-10(13)14/h1-3,10H,4-5H2,(H,15,16). The van der Waals surface area contributed by atoms with E-state index in [1.165, 1.54) is 18.2 Å². The van der Waals surface area contributed by atoms with Gasteiger partial charge in [0, 0.05) is 17.1 Å². The number of amides is 1. The van der Waals surface area contributed by atoms with Gasteiger partial charge in [0.15, 0.2) is 0 Å². The Morgan fingerprint density at radius 1 is 1.47 bits per heavy atom. The molecule has 0 radical (unpaired) electrons. The molecular formula is C10H9Cl2F2NO2. The maximum absolute atomic E-state index is 12.1. The van der Waals surface area contributed by atoms with Crippen LogP contribution in [0.2, 0.25) is 5.02 Å².